The molecule has 0 unspecified atom stereocenters. The third-order valence-corrected chi connectivity index (χ3v) is 6.98. The number of aromatic nitrogens is 3. The van der Waals surface area contributed by atoms with E-state index in [1.807, 2.05) is 38.1 Å². The molecule has 33 heavy (non-hydrogen) atoms. The topological polar surface area (TPSA) is 95.3 Å². The van der Waals surface area contributed by atoms with E-state index in [0.29, 0.717) is 44.8 Å². The first-order valence-electron chi connectivity index (χ1n) is 10.3. The van der Waals surface area contributed by atoms with E-state index < -0.39 is 0 Å². The largest absolute Gasteiger partial charge is 0.454 e. The molecule has 0 atom stereocenters. The molecule has 0 radical (unpaired) electrons. The van der Waals surface area contributed by atoms with Crippen LogP contribution in [0, 0.1) is 6.92 Å². The van der Waals surface area contributed by atoms with Crippen LogP contribution < -0.4 is 20.3 Å². The molecular weight excluding hydrogens is 460 g/mol. The summed E-state index contributed by atoms with van der Waals surface area (Å²) in [5.41, 5.74) is 3.77. The van der Waals surface area contributed by atoms with Crippen molar-refractivity contribution in [2.45, 2.75) is 25.5 Å². The van der Waals surface area contributed by atoms with Crippen LogP contribution in [-0.2, 0) is 11.3 Å². The third kappa shape index (κ3) is 4.19. The van der Waals surface area contributed by atoms with Gasteiger partial charge in [0.25, 0.3) is 5.56 Å². The SMILES string of the molecule is CCn1c(SCC(=O)Nc2ccc3c(c2)OCO3)nc2c(-c3ccc(C)cc3)nsc2c1=O. The number of carbonyl (C=O) groups is 1. The summed E-state index contributed by atoms with van der Waals surface area (Å²) in [7, 11) is 0. The molecule has 3 heterocycles. The van der Waals surface area contributed by atoms with E-state index in [-0.39, 0.29) is 24.0 Å². The maximum absolute atomic E-state index is 13.1. The van der Waals surface area contributed by atoms with Crippen LogP contribution in [0.4, 0.5) is 5.69 Å². The molecular formula is C23H20N4O4S2. The number of amides is 1. The second kappa shape index (κ2) is 8.87. The highest BCUT2D eigenvalue weighted by Crippen LogP contribution is 2.34. The lowest BCUT2D eigenvalue weighted by molar-refractivity contribution is -0.113. The lowest BCUT2D eigenvalue weighted by Crippen LogP contribution is -2.22. The van der Waals surface area contributed by atoms with Gasteiger partial charge in [0.1, 0.15) is 15.9 Å². The number of anilines is 1. The van der Waals surface area contributed by atoms with Crippen molar-refractivity contribution in [3.8, 4) is 22.8 Å². The Bertz CT molecular complexity index is 1410. The van der Waals surface area contributed by atoms with Gasteiger partial charge in [0, 0.05) is 23.9 Å². The lowest BCUT2D eigenvalue weighted by Gasteiger charge is -2.10. The zero-order valence-electron chi connectivity index (χ0n) is 18.0. The van der Waals surface area contributed by atoms with E-state index in [0.717, 1.165) is 22.7 Å². The zero-order chi connectivity index (χ0) is 22.9. The van der Waals surface area contributed by atoms with E-state index >= 15 is 0 Å². The summed E-state index contributed by atoms with van der Waals surface area (Å²) < 4.78 is 17.2. The maximum Gasteiger partial charge on any atom is 0.273 e. The average molecular weight is 481 g/mol. The first-order valence-corrected chi connectivity index (χ1v) is 12.1. The summed E-state index contributed by atoms with van der Waals surface area (Å²) >= 11 is 2.38. The number of nitrogens with one attached hydrogen (secondary N) is 1. The standard InChI is InChI=1S/C23H20N4O4S2/c1-3-27-22(29)21-20(19(26-33-21)14-6-4-13(2)5-7-14)25-23(27)32-11-18(28)24-15-8-9-16-17(10-15)31-12-30-16/h4-10H,3,11-12H2,1-2H3,(H,24,28). The highest BCUT2D eigenvalue weighted by Gasteiger charge is 2.19. The maximum atomic E-state index is 13.1. The molecule has 8 nitrogen and oxygen atoms in total. The van der Waals surface area contributed by atoms with Gasteiger partial charge in [-0.3, -0.25) is 14.2 Å². The number of hydrogen-bond acceptors (Lipinski definition) is 8. The van der Waals surface area contributed by atoms with Crippen LogP contribution in [0.3, 0.4) is 0 Å². The minimum atomic E-state index is -0.210. The van der Waals surface area contributed by atoms with Crippen LogP contribution in [0.25, 0.3) is 21.5 Å². The van der Waals surface area contributed by atoms with E-state index in [4.69, 9.17) is 14.5 Å². The van der Waals surface area contributed by atoms with E-state index in [2.05, 4.69) is 9.69 Å². The van der Waals surface area contributed by atoms with Gasteiger partial charge in [0.05, 0.1) is 5.75 Å². The van der Waals surface area contributed by atoms with Gasteiger partial charge in [-0.15, -0.1) is 0 Å². The summed E-state index contributed by atoms with van der Waals surface area (Å²) in [4.78, 5) is 30.4. The minimum absolute atomic E-state index is 0.101. The second-order valence-electron chi connectivity index (χ2n) is 7.42. The Morgan fingerprint density at radius 3 is 2.76 bits per heavy atom. The molecule has 0 aliphatic carbocycles. The number of rotatable bonds is 6. The van der Waals surface area contributed by atoms with Crippen molar-refractivity contribution in [3.63, 3.8) is 0 Å². The molecule has 1 aliphatic heterocycles. The molecule has 5 rings (SSSR count). The van der Waals surface area contributed by atoms with E-state index in [9.17, 15) is 9.59 Å². The number of fused-ring (bicyclic) bond motifs is 2. The highest BCUT2D eigenvalue weighted by molar-refractivity contribution is 7.99. The van der Waals surface area contributed by atoms with Gasteiger partial charge in [-0.2, -0.15) is 4.37 Å². The number of hydrogen-bond donors (Lipinski definition) is 1. The molecule has 0 spiro atoms. The van der Waals surface area contributed by atoms with Crippen LogP contribution in [0.15, 0.2) is 52.4 Å². The summed E-state index contributed by atoms with van der Waals surface area (Å²) in [5.74, 6) is 1.14. The van der Waals surface area contributed by atoms with Gasteiger partial charge >= 0.3 is 0 Å². The number of aryl methyl sites for hydroxylation is 1. The Morgan fingerprint density at radius 2 is 1.97 bits per heavy atom. The van der Waals surface area contributed by atoms with Crippen LogP contribution >= 0.6 is 23.3 Å². The monoisotopic (exact) mass is 480 g/mol. The van der Waals surface area contributed by atoms with Crippen molar-refractivity contribution < 1.29 is 14.3 Å². The van der Waals surface area contributed by atoms with Crippen LogP contribution in [-0.4, -0.2) is 32.4 Å². The first kappa shape index (κ1) is 21.5. The predicted octanol–water partition coefficient (Wildman–Crippen LogP) is 4.31. The highest BCUT2D eigenvalue weighted by atomic mass is 32.2. The first-order chi connectivity index (χ1) is 16.0. The second-order valence-corrected chi connectivity index (χ2v) is 9.14. The van der Waals surface area contributed by atoms with Crippen molar-refractivity contribution in [2.75, 3.05) is 17.9 Å². The molecule has 168 valence electrons. The van der Waals surface area contributed by atoms with Crippen LogP contribution in [0.1, 0.15) is 12.5 Å². The molecule has 0 saturated carbocycles. The number of thioether (sulfide) groups is 1. The molecule has 1 aliphatic rings. The summed E-state index contributed by atoms with van der Waals surface area (Å²) in [6.45, 7) is 4.52. The van der Waals surface area contributed by atoms with Crippen molar-refractivity contribution in [3.05, 3.63) is 58.4 Å². The summed E-state index contributed by atoms with van der Waals surface area (Å²) in [6.07, 6.45) is 0. The Kier molecular flexibility index (Phi) is 5.77. The third-order valence-electron chi connectivity index (χ3n) is 5.18. The van der Waals surface area contributed by atoms with Gasteiger partial charge < -0.3 is 14.8 Å². The molecule has 1 amide bonds. The van der Waals surface area contributed by atoms with Gasteiger partial charge in [0.2, 0.25) is 12.7 Å². The summed E-state index contributed by atoms with van der Waals surface area (Å²) in [5, 5.41) is 3.34. The van der Waals surface area contributed by atoms with Crippen molar-refractivity contribution >= 4 is 45.1 Å². The predicted molar refractivity (Wildman–Crippen MR) is 129 cm³/mol. The molecule has 0 fully saturated rings. The quantitative estimate of drug-likeness (QED) is 0.325. The number of benzene rings is 2. The Balaban J connectivity index is 1.40. The molecule has 0 bridgehead atoms. The van der Waals surface area contributed by atoms with Gasteiger partial charge in [0.15, 0.2) is 16.7 Å². The van der Waals surface area contributed by atoms with Gasteiger partial charge in [-0.05, 0) is 37.5 Å². The minimum Gasteiger partial charge on any atom is -0.454 e. The molecule has 2 aromatic heterocycles. The fourth-order valence-corrected chi connectivity index (χ4v) is 5.13. The van der Waals surface area contributed by atoms with E-state index in [1.54, 1.807) is 22.8 Å². The number of nitrogens with zero attached hydrogens (tertiary/aromatic N) is 3. The van der Waals surface area contributed by atoms with Crippen LogP contribution in [0.5, 0.6) is 11.5 Å². The Hall–Kier alpha value is -3.37. The average Bonchev–Trinajstić information content (AvgIpc) is 3.45. The molecule has 4 aromatic rings. The van der Waals surface area contributed by atoms with Crippen molar-refractivity contribution in [2.24, 2.45) is 0 Å². The van der Waals surface area contributed by atoms with E-state index in [1.165, 1.54) is 11.8 Å². The zero-order valence-corrected chi connectivity index (χ0v) is 19.6. The smallest absolute Gasteiger partial charge is 0.273 e. The molecule has 0 saturated heterocycles. The summed E-state index contributed by atoms with van der Waals surface area (Å²) in [6, 6.07) is 13.2. The fraction of sp³-hybridized carbons (Fsp3) is 0.217. The fourth-order valence-electron chi connectivity index (χ4n) is 3.49. The van der Waals surface area contributed by atoms with Crippen LogP contribution in [0.2, 0.25) is 0 Å². The Labute approximate surface area is 197 Å². The van der Waals surface area contributed by atoms with Crippen molar-refractivity contribution in [1.29, 1.82) is 0 Å². The van der Waals surface area contributed by atoms with Gasteiger partial charge in [-0.1, -0.05) is 41.6 Å². The molecule has 1 N–H and O–H groups in total. The number of ether oxygens (including phenoxy) is 2. The van der Waals surface area contributed by atoms with Crippen molar-refractivity contribution in [1.82, 2.24) is 13.9 Å². The molecule has 10 heteroatoms. The molecule has 2 aromatic carbocycles. The normalized spacial score (nSPS) is 12.3. The Morgan fingerprint density at radius 1 is 1.18 bits per heavy atom. The lowest BCUT2D eigenvalue weighted by atomic mass is 10.1. The number of carbonyl (C=O) groups excluding carboxylic acids is 1. The van der Waals surface area contributed by atoms with Gasteiger partial charge in [-0.25, -0.2) is 4.98 Å².